The van der Waals surface area contributed by atoms with Crippen LogP contribution in [-0.4, -0.2) is 28.9 Å². The minimum absolute atomic E-state index is 0.103. The van der Waals surface area contributed by atoms with Gasteiger partial charge in [-0.05, 0) is 37.3 Å². The number of anilines is 1. The number of piperidine rings is 1. The van der Waals surface area contributed by atoms with E-state index in [-0.39, 0.29) is 5.91 Å². The maximum atomic E-state index is 12.5. The minimum atomic E-state index is 0.103. The molecule has 0 unspecified atom stereocenters. The van der Waals surface area contributed by atoms with Crippen LogP contribution in [0.5, 0.6) is 0 Å². The van der Waals surface area contributed by atoms with Gasteiger partial charge in [-0.3, -0.25) is 4.79 Å². The number of nitrogens with zero attached hydrogens (tertiary/aromatic N) is 2. The molecule has 0 aliphatic carbocycles. The van der Waals surface area contributed by atoms with Crippen LogP contribution in [0.2, 0.25) is 0 Å². The Morgan fingerprint density at radius 3 is 2.65 bits per heavy atom. The number of hydrogen-bond donors (Lipinski definition) is 1. The van der Waals surface area contributed by atoms with Crippen molar-refractivity contribution in [3.8, 4) is 0 Å². The Labute approximate surface area is 121 Å². The van der Waals surface area contributed by atoms with Gasteiger partial charge in [-0.15, -0.1) is 0 Å². The standard InChI is InChI=1S/C16H25N3O/c1-3-5-14-10-13(11-15(17)18-14)16(20)19-8-6-12(4-2)7-9-19/h10-12H,3-9H2,1-2H3,(H2,17,18). The van der Waals surface area contributed by atoms with Crippen LogP contribution < -0.4 is 5.73 Å². The number of pyridine rings is 1. The Bertz CT molecular complexity index is 465. The maximum Gasteiger partial charge on any atom is 0.254 e. The van der Waals surface area contributed by atoms with Gasteiger partial charge < -0.3 is 10.6 Å². The van der Waals surface area contributed by atoms with Crippen LogP contribution in [0.15, 0.2) is 12.1 Å². The quantitative estimate of drug-likeness (QED) is 0.919. The fourth-order valence-electron chi connectivity index (χ4n) is 2.85. The summed E-state index contributed by atoms with van der Waals surface area (Å²) in [5.41, 5.74) is 7.43. The summed E-state index contributed by atoms with van der Waals surface area (Å²) in [6.07, 6.45) is 5.31. The number of carbonyl (C=O) groups excluding carboxylic acids is 1. The van der Waals surface area contributed by atoms with Gasteiger partial charge in [0, 0.05) is 24.3 Å². The number of hydrogen-bond acceptors (Lipinski definition) is 3. The number of nitrogen functional groups attached to an aromatic ring is 1. The highest BCUT2D eigenvalue weighted by Gasteiger charge is 2.23. The predicted octanol–water partition coefficient (Wildman–Crippen LogP) is 2.88. The third-order valence-electron chi connectivity index (χ3n) is 4.13. The van der Waals surface area contributed by atoms with Crippen molar-refractivity contribution < 1.29 is 4.79 Å². The Hall–Kier alpha value is -1.58. The summed E-state index contributed by atoms with van der Waals surface area (Å²) in [6.45, 7) is 6.05. The van der Waals surface area contributed by atoms with Gasteiger partial charge in [-0.2, -0.15) is 0 Å². The second-order valence-electron chi connectivity index (χ2n) is 5.67. The van der Waals surface area contributed by atoms with Gasteiger partial charge in [0.15, 0.2) is 0 Å². The third kappa shape index (κ3) is 3.50. The lowest BCUT2D eigenvalue weighted by molar-refractivity contribution is 0.0688. The van der Waals surface area contributed by atoms with Gasteiger partial charge in [-0.25, -0.2) is 4.98 Å². The fraction of sp³-hybridized carbons (Fsp3) is 0.625. The molecule has 0 spiro atoms. The summed E-state index contributed by atoms with van der Waals surface area (Å²) in [5.74, 6) is 1.32. The Balaban J connectivity index is 2.09. The fourth-order valence-corrected chi connectivity index (χ4v) is 2.85. The number of amides is 1. The van der Waals surface area contributed by atoms with Gasteiger partial charge >= 0.3 is 0 Å². The lowest BCUT2D eigenvalue weighted by atomic mass is 9.94. The summed E-state index contributed by atoms with van der Waals surface area (Å²) in [4.78, 5) is 18.8. The first-order chi connectivity index (χ1) is 9.63. The number of likely N-dealkylation sites (tertiary alicyclic amines) is 1. The van der Waals surface area contributed by atoms with E-state index >= 15 is 0 Å². The van der Waals surface area contributed by atoms with Crippen molar-refractivity contribution in [3.05, 3.63) is 23.4 Å². The smallest absolute Gasteiger partial charge is 0.254 e. The summed E-state index contributed by atoms with van der Waals surface area (Å²) in [7, 11) is 0. The third-order valence-corrected chi connectivity index (χ3v) is 4.13. The van der Waals surface area contributed by atoms with E-state index in [2.05, 4.69) is 18.8 Å². The molecule has 4 heteroatoms. The second kappa shape index (κ2) is 6.73. The first kappa shape index (κ1) is 14.8. The molecule has 1 fully saturated rings. The van der Waals surface area contributed by atoms with Crippen molar-refractivity contribution in [3.63, 3.8) is 0 Å². The van der Waals surface area contributed by atoms with E-state index in [1.165, 1.54) is 6.42 Å². The van der Waals surface area contributed by atoms with E-state index in [0.29, 0.717) is 11.4 Å². The topological polar surface area (TPSA) is 59.2 Å². The van der Waals surface area contributed by atoms with E-state index in [9.17, 15) is 4.79 Å². The first-order valence-electron chi connectivity index (χ1n) is 7.69. The van der Waals surface area contributed by atoms with Crippen LogP contribution in [0.3, 0.4) is 0 Å². The van der Waals surface area contributed by atoms with Gasteiger partial charge in [0.2, 0.25) is 0 Å². The van der Waals surface area contributed by atoms with Crippen LogP contribution >= 0.6 is 0 Å². The van der Waals surface area contributed by atoms with Gasteiger partial charge in [-0.1, -0.05) is 26.7 Å². The zero-order valence-electron chi connectivity index (χ0n) is 12.6. The number of rotatable bonds is 4. The van der Waals surface area contributed by atoms with E-state index in [1.807, 2.05) is 11.0 Å². The summed E-state index contributed by atoms with van der Waals surface area (Å²) in [5, 5.41) is 0. The molecule has 0 saturated carbocycles. The molecule has 0 atom stereocenters. The van der Waals surface area contributed by atoms with E-state index < -0.39 is 0 Å². The molecule has 110 valence electrons. The van der Waals surface area contributed by atoms with Crippen LogP contribution in [0.25, 0.3) is 0 Å². The lowest BCUT2D eigenvalue weighted by Crippen LogP contribution is -2.38. The molecule has 4 nitrogen and oxygen atoms in total. The monoisotopic (exact) mass is 275 g/mol. The number of carbonyl (C=O) groups is 1. The summed E-state index contributed by atoms with van der Waals surface area (Å²) < 4.78 is 0. The highest BCUT2D eigenvalue weighted by molar-refractivity contribution is 5.95. The molecule has 20 heavy (non-hydrogen) atoms. The highest BCUT2D eigenvalue weighted by Crippen LogP contribution is 2.22. The Morgan fingerprint density at radius 2 is 2.05 bits per heavy atom. The normalized spacial score (nSPS) is 16.4. The second-order valence-corrected chi connectivity index (χ2v) is 5.67. The summed E-state index contributed by atoms with van der Waals surface area (Å²) in [6, 6.07) is 3.60. The Morgan fingerprint density at radius 1 is 1.35 bits per heavy atom. The van der Waals surface area contributed by atoms with Gasteiger partial charge in [0.1, 0.15) is 5.82 Å². The van der Waals surface area contributed by atoms with Crippen molar-refractivity contribution in [1.29, 1.82) is 0 Å². The molecular weight excluding hydrogens is 250 g/mol. The minimum Gasteiger partial charge on any atom is -0.384 e. The maximum absolute atomic E-state index is 12.5. The van der Waals surface area contributed by atoms with E-state index in [1.54, 1.807) is 6.07 Å². The van der Waals surface area contributed by atoms with E-state index in [0.717, 1.165) is 50.4 Å². The molecule has 0 radical (unpaired) electrons. The molecule has 1 saturated heterocycles. The molecule has 1 amide bonds. The van der Waals surface area contributed by atoms with Crippen molar-refractivity contribution in [1.82, 2.24) is 9.88 Å². The zero-order chi connectivity index (χ0) is 14.5. The first-order valence-corrected chi connectivity index (χ1v) is 7.69. The van der Waals surface area contributed by atoms with Crippen LogP contribution in [0.1, 0.15) is 55.6 Å². The molecule has 2 heterocycles. The van der Waals surface area contributed by atoms with Crippen molar-refractivity contribution in [2.45, 2.75) is 46.0 Å². The molecule has 1 aromatic rings. The average molecular weight is 275 g/mol. The largest absolute Gasteiger partial charge is 0.384 e. The SMILES string of the molecule is CCCc1cc(C(=O)N2CCC(CC)CC2)cc(N)n1. The van der Waals surface area contributed by atoms with E-state index in [4.69, 9.17) is 5.73 Å². The molecule has 1 aromatic heterocycles. The predicted molar refractivity (Wildman–Crippen MR) is 81.6 cm³/mol. The molecule has 1 aliphatic rings. The van der Waals surface area contributed by atoms with Crippen LogP contribution in [-0.2, 0) is 6.42 Å². The molecular formula is C16H25N3O. The molecule has 0 bridgehead atoms. The van der Waals surface area contributed by atoms with Gasteiger partial charge in [0.05, 0.1) is 0 Å². The van der Waals surface area contributed by atoms with Crippen molar-refractivity contribution in [2.24, 2.45) is 5.92 Å². The Kier molecular flexibility index (Phi) is 4.99. The summed E-state index contributed by atoms with van der Waals surface area (Å²) >= 11 is 0. The van der Waals surface area contributed by atoms with Crippen LogP contribution in [0, 0.1) is 5.92 Å². The number of aryl methyl sites for hydroxylation is 1. The molecule has 2 rings (SSSR count). The van der Waals surface area contributed by atoms with Crippen LogP contribution in [0.4, 0.5) is 5.82 Å². The lowest BCUT2D eigenvalue weighted by Gasteiger charge is -2.31. The molecule has 1 aliphatic heterocycles. The molecule has 2 N–H and O–H groups in total. The zero-order valence-corrected chi connectivity index (χ0v) is 12.6. The van der Waals surface area contributed by atoms with Crippen molar-refractivity contribution in [2.75, 3.05) is 18.8 Å². The average Bonchev–Trinajstić information content (AvgIpc) is 2.46. The number of aromatic nitrogens is 1. The van der Waals surface area contributed by atoms with Gasteiger partial charge in [0.25, 0.3) is 5.91 Å². The highest BCUT2D eigenvalue weighted by atomic mass is 16.2. The molecule has 0 aromatic carbocycles. The number of nitrogens with two attached hydrogens (primary N) is 1. The van der Waals surface area contributed by atoms with Crippen molar-refractivity contribution >= 4 is 11.7 Å².